The molecular weight excluding hydrogens is 371 g/mol. The predicted octanol–water partition coefficient (Wildman–Crippen LogP) is 3.61. The molecule has 0 radical (unpaired) electrons. The average molecular weight is 392 g/mol. The van der Waals surface area contributed by atoms with E-state index in [2.05, 4.69) is 9.87 Å². The molecule has 6 nitrogen and oxygen atoms in total. The molecule has 0 saturated carbocycles. The Kier molecular flexibility index (Phi) is 5.83. The van der Waals surface area contributed by atoms with E-state index in [1.807, 2.05) is 0 Å². The monoisotopic (exact) mass is 392 g/mol. The summed E-state index contributed by atoms with van der Waals surface area (Å²) in [5.41, 5.74) is 2.05. The van der Waals surface area contributed by atoms with Crippen molar-refractivity contribution >= 4 is 22.3 Å². The second kappa shape index (κ2) is 7.95. The molecule has 0 aliphatic carbocycles. The molecule has 0 bridgehead atoms. The summed E-state index contributed by atoms with van der Waals surface area (Å²) in [4.78, 5) is 11.6. The first-order chi connectivity index (χ1) is 12.8. The van der Waals surface area contributed by atoms with Crippen LogP contribution in [0.25, 0.3) is 22.1 Å². The molecule has 1 unspecified atom stereocenters. The van der Waals surface area contributed by atoms with Gasteiger partial charge in [0, 0.05) is 22.7 Å². The molecule has 2 N–H and O–H groups in total. The highest BCUT2D eigenvalue weighted by Crippen LogP contribution is 2.33. The number of benzene rings is 1. The largest absolute Gasteiger partial charge is 0.596 e. The van der Waals surface area contributed by atoms with Gasteiger partial charge in [0.15, 0.2) is 5.82 Å². The van der Waals surface area contributed by atoms with Crippen LogP contribution in [-0.2, 0) is 29.4 Å². The van der Waals surface area contributed by atoms with Crippen LogP contribution in [0.4, 0.5) is 4.39 Å². The van der Waals surface area contributed by atoms with Gasteiger partial charge in [-0.05, 0) is 55.5 Å². The molecule has 2 aromatic heterocycles. The van der Waals surface area contributed by atoms with Crippen molar-refractivity contribution in [1.29, 1.82) is 0 Å². The van der Waals surface area contributed by atoms with Crippen molar-refractivity contribution in [3.63, 3.8) is 0 Å². The number of hydrogen-bond donors (Lipinski definition) is 2. The number of pyridine rings is 1. The second-order valence-corrected chi connectivity index (χ2v) is 8.94. The summed E-state index contributed by atoms with van der Waals surface area (Å²) < 4.78 is 32.0. The number of fused-ring (bicyclic) bond motifs is 1. The highest BCUT2D eigenvalue weighted by molar-refractivity contribution is 7.90. The minimum absolute atomic E-state index is 0.0695. The van der Waals surface area contributed by atoms with Gasteiger partial charge in [0.1, 0.15) is 22.6 Å². The normalized spacial score (nSPS) is 13.3. The van der Waals surface area contributed by atoms with E-state index < -0.39 is 21.9 Å². The Labute approximate surface area is 159 Å². The topological polar surface area (TPSA) is 90.6 Å². The third-order valence-corrected chi connectivity index (χ3v) is 5.33. The summed E-state index contributed by atoms with van der Waals surface area (Å²) in [5, 5.41) is 10.2. The van der Waals surface area contributed by atoms with Crippen molar-refractivity contribution in [1.82, 2.24) is 9.87 Å². The molecule has 1 aromatic carbocycles. The maximum absolute atomic E-state index is 15.0. The molecule has 27 heavy (non-hydrogen) atoms. The number of hydrogen-bond acceptors (Lipinski definition) is 6. The van der Waals surface area contributed by atoms with E-state index >= 15 is 4.39 Å². The number of furan rings is 1. The molecule has 144 valence electrons. The van der Waals surface area contributed by atoms with Gasteiger partial charge in [-0.25, -0.2) is 4.39 Å². The smallest absolute Gasteiger partial charge is 0.155 e. The molecule has 0 aliphatic heterocycles. The minimum atomic E-state index is -1.44. The first-order valence-electron chi connectivity index (χ1n) is 8.35. The molecule has 1 atom stereocenters. The van der Waals surface area contributed by atoms with Gasteiger partial charge < -0.3 is 14.1 Å². The number of nitrogens with zero attached hydrogens (tertiary/aromatic N) is 1. The summed E-state index contributed by atoms with van der Waals surface area (Å²) >= 11 is -1.44. The van der Waals surface area contributed by atoms with E-state index in [1.54, 1.807) is 39.0 Å². The lowest BCUT2D eigenvalue weighted by Crippen LogP contribution is -2.39. The van der Waals surface area contributed by atoms with Crippen LogP contribution >= 0.6 is 0 Å². The number of nitrogens with one attached hydrogen (secondary N) is 1. The van der Waals surface area contributed by atoms with Crippen molar-refractivity contribution in [3.8, 4) is 11.1 Å². The number of aromatic nitrogens is 1. The Balaban J connectivity index is 1.89. The SMILES string of the molecule is CC(C)(C)[S+]([O-])NOCc1nccc(-c2cc(CO)cc3ccoc23)c1F. The first-order valence-corrected chi connectivity index (χ1v) is 9.50. The molecule has 2 heterocycles. The maximum Gasteiger partial charge on any atom is 0.155 e. The molecule has 3 rings (SSSR count). The summed E-state index contributed by atoms with van der Waals surface area (Å²) in [6.45, 7) is 5.02. The molecule has 0 saturated heterocycles. The van der Waals surface area contributed by atoms with Crippen LogP contribution in [0.2, 0.25) is 0 Å². The summed E-state index contributed by atoms with van der Waals surface area (Å²) in [6.07, 6.45) is 2.99. The van der Waals surface area contributed by atoms with Gasteiger partial charge in [-0.15, -0.1) is 0 Å². The van der Waals surface area contributed by atoms with Crippen molar-refractivity contribution in [2.45, 2.75) is 38.7 Å². The standard InChI is InChI=1S/C19H21FN2O4S/c1-19(2,3)27(24)22-26-11-16-17(20)14(4-6-21-16)15-9-12(10-23)8-13-5-7-25-18(13)15/h4-9,22-23H,10-11H2,1-3H3. The van der Waals surface area contributed by atoms with Crippen LogP contribution in [0.1, 0.15) is 32.0 Å². The Morgan fingerprint density at radius 1 is 1.30 bits per heavy atom. The Morgan fingerprint density at radius 2 is 2.07 bits per heavy atom. The maximum atomic E-state index is 15.0. The van der Waals surface area contributed by atoms with Gasteiger partial charge in [0.2, 0.25) is 0 Å². The van der Waals surface area contributed by atoms with Gasteiger partial charge >= 0.3 is 0 Å². The number of aliphatic hydroxyl groups is 1. The first kappa shape index (κ1) is 19.8. The van der Waals surface area contributed by atoms with Gasteiger partial charge in [0.05, 0.1) is 24.2 Å². The lowest BCUT2D eigenvalue weighted by atomic mass is 10.0. The van der Waals surface area contributed by atoms with E-state index in [-0.39, 0.29) is 24.5 Å². The summed E-state index contributed by atoms with van der Waals surface area (Å²) in [5.74, 6) is -0.561. The average Bonchev–Trinajstić information content (AvgIpc) is 3.10. The molecule has 0 spiro atoms. The lowest BCUT2D eigenvalue weighted by molar-refractivity contribution is 0.0736. The zero-order valence-corrected chi connectivity index (χ0v) is 16.1. The van der Waals surface area contributed by atoms with Crippen molar-refractivity contribution in [2.75, 3.05) is 0 Å². The van der Waals surface area contributed by atoms with Crippen molar-refractivity contribution in [2.24, 2.45) is 0 Å². The zero-order valence-electron chi connectivity index (χ0n) is 15.3. The molecule has 0 fully saturated rings. The second-order valence-electron chi connectivity index (χ2n) is 7.01. The van der Waals surface area contributed by atoms with Crippen LogP contribution < -0.4 is 4.89 Å². The van der Waals surface area contributed by atoms with Gasteiger partial charge in [-0.1, -0.05) is 0 Å². The predicted molar refractivity (Wildman–Crippen MR) is 101 cm³/mol. The fraction of sp³-hybridized carbons (Fsp3) is 0.316. The number of rotatable bonds is 6. The number of aliphatic hydroxyl groups excluding tert-OH is 1. The molecule has 0 aliphatic rings. The Bertz CT molecular complexity index is 939. The highest BCUT2D eigenvalue weighted by Gasteiger charge is 2.27. The number of halogens is 1. The van der Waals surface area contributed by atoms with E-state index in [0.717, 1.165) is 5.39 Å². The van der Waals surface area contributed by atoms with Gasteiger partial charge in [0.25, 0.3) is 0 Å². The molecular formula is C19H21FN2O4S. The zero-order chi connectivity index (χ0) is 19.6. The molecule has 3 aromatic rings. The third-order valence-electron chi connectivity index (χ3n) is 3.94. The van der Waals surface area contributed by atoms with E-state index in [1.165, 1.54) is 18.5 Å². The molecule has 8 heteroatoms. The van der Waals surface area contributed by atoms with Crippen molar-refractivity contribution in [3.05, 3.63) is 53.8 Å². The minimum Gasteiger partial charge on any atom is -0.596 e. The summed E-state index contributed by atoms with van der Waals surface area (Å²) in [7, 11) is 0. The van der Waals surface area contributed by atoms with E-state index in [9.17, 15) is 9.66 Å². The van der Waals surface area contributed by atoms with Gasteiger partial charge in [-0.2, -0.15) is 0 Å². The van der Waals surface area contributed by atoms with E-state index in [4.69, 9.17) is 9.25 Å². The molecule has 0 amide bonds. The highest BCUT2D eigenvalue weighted by atomic mass is 32.2. The Hall–Kier alpha value is -1.97. The lowest BCUT2D eigenvalue weighted by Gasteiger charge is -2.22. The van der Waals surface area contributed by atoms with Gasteiger partial charge in [-0.3, -0.25) is 9.82 Å². The van der Waals surface area contributed by atoms with Crippen LogP contribution in [0, 0.1) is 5.82 Å². The van der Waals surface area contributed by atoms with Crippen LogP contribution in [0.15, 0.2) is 41.1 Å². The van der Waals surface area contributed by atoms with Crippen LogP contribution in [0.5, 0.6) is 0 Å². The fourth-order valence-corrected chi connectivity index (χ4v) is 2.92. The quantitative estimate of drug-likeness (QED) is 0.492. The van der Waals surface area contributed by atoms with Crippen LogP contribution in [0.3, 0.4) is 0 Å². The Morgan fingerprint density at radius 3 is 2.78 bits per heavy atom. The summed E-state index contributed by atoms with van der Waals surface area (Å²) in [6, 6.07) is 6.77. The van der Waals surface area contributed by atoms with Crippen molar-refractivity contribution < 1.29 is 23.3 Å². The van der Waals surface area contributed by atoms with E-state index in [0.29, 0.717) is 16.7 Å². The third kappa shape index (κ3) is 4.31. The fourth-order valence-electron chi connectivity index (χ4n) is 2.51. The van der Waals surface area contributed by atoms with Crippen LogP contribution in [-0.4, -0.2) is 19.4 Å².